The third-order valence-corrected chi connectivity index (χ3v) is 0. The second kappa shape index (κ2) is 88.4. The van der Waals surface area contributed by atoms with Crippen LogP contribution in [0.4, 0.5) is 0 Å². The first-order valence-corrected chi connectivity index (χ1v) is 1.58. The number of nitrogens with one attached hydrogen (secondary N) is 1. The van der Waals surface area contributed by atoms with Crippen LogP contribution in [0.1, 0.15) is 0 Å². The summed E-state index contributed by atoms with van der Waals surface area (Å²) < 4.78 is 0. The van der Waals surface area contributed by atoms with Crippen LogP contribution in [0.5, 0.6) is 0 Å². The van der Waals surface area contributed by atoms with Crippen molar-refractivity contribution in [2.24, 2.45) is 5.73 Å². The van der Waals surface area contributed by atoms with Crippen molar-refractivity contribution >= 4 is 0 Å². The molecule has 3 N–H and O–H groups in total. The van der Waals surface area contributed by atoms with E-state index in [2.05, 4.69) is 11.1 Å². The molecule has 0 unspecified atom stereocenters. The van der Waals surface area contributed by atoms with Crippen LogP contribution in [0.15, 0.2) is 0 Å². The molecule has 8 heavy (non-hydrogen) atoms. The van der Waals surface area contributed by atoms with Crippen LogP contribution < -0.4 is 35.9 Å². The Morgan fingerprint density at radius 1 is 1.00 bits per heavy atom. The molecule has 0 atom stereocenters. The monoisotopic (exact) mass is 341 g/mol. The van der Waals surface area contributed by atoms with E-state index >= 15 is 0 Å². The van der Waals surface area contributed by atoms with Crippen LogP contribution in [-0.2, 0) is 21.1 Å². The summed E-state index contributed by atoms with van der Waals surface area (Å²) in [5, 5.41) is 2.75. The van der Waals surface area contributed by atoms with Gasteiger partial charge in [-0.25, -0.2) is 0 Å². The number of hydrogen-bond donors (Lipinski definition) is 2. The first kappa shape index (κ1) is 35.1. The Balaban J connectivity index is -0.00000000567. The summed E-state index contributed by atoms with van der Waals surface area (Å²) >= 11 is 0. The average Bonchev–Trinajstić information content (AvgIpc) is 1.46. The summed E-state index contributed by atoms with van der Waals surface area (Å²) in [4.78, 5) is 0. The van der Waals surface area contributed by atoms with Gasteiger partial charge in [-0.3, -0.25) is 0 Å². The molecule has 0 rings (SSSR count). The predicted molar refractivity (Wildman–Crippen MR) is 25.1 cm³/mol. The Kier molecular flexibility index (Phi) is 388. The van der Waals surface area contributed by atoms with Crippen molar-refractivity contribution < 1.29 is 45.9 Å². The zero-order chi connectivity index (χ0) is 4.71. The van der Waals surface area contributed by atoms with Crippen molar-refractivity contribution in [3.8, 4) is 0 Å². The molecule has 0 aliphatic carbocycles. The first-order chi connectivity index (χ1) is 2.41. The van der Waals surface area contributed by atoms with Gasteiger partial charge in [0.15, 0.2) is 0 Å². The number of hydrogen-bond acceptors (Lipinski definition) is 2. The molecule has 0 bridgehead atoms. The van der Waals surface area contributed by atoms with Gasteiger partial charge < -0.3 is 35.9 Å². The normalized spacial score (nSPS) is 3.00. The average molecular weight is 342 g/mol. The number of halogens is 2. The molecule has 0 aromatic rings. The summed E-state index contributed by atoms with van der Waals surface area (Å²) in [5.74, 6) is 0. The van der Waals surface area contributed by atoms with E-state index in [1.807, 2.05) is 14.1 Å². The van der Waals surface area contributed by atoms with Crippen molar-refractivity contribution in [2.45, 2.75) is 0 Å². The van der Waals surface area contributed by atoms with E-state index in [9.17, 15) is 0 Å². The van der Waals surface area contributed by atoms with Gasteiger partial charge in [-0.05, 0) is 21.1 Å². The fourth-order valence-electron chi connectivity index (χ4n) is 0. The van der Waals surface area contributed by atoms with Crippen molar-refractivity contribution in [1.29, 1.82) is 0 Å². The molecule has 0 fully saturated rings. The second-order valence-electron chi connectivity index (χ2n) is 0.500. The van der Waals surface area contributed by atoms with E-state index in [-0.39, 0.29) is 45.9 Å². The summed E-state index contributed by atoms with van der Waals surface area (Å²) in [7, 11) is 5.25. The minimum absolute atomic E-state index is 0. The van der Waals surface area contributed by atoms with Crippen LogP contribution in [0.3, 0.4) is 0 Å². The maximum atomic E-state index is 4.50. The molecule has 0 aromatic heterocycles. The van der Waals surface area contributed by atoms with Gasteiger partial charge in [-0.1, -0.05) is 0 Å². The van der Waals surface area contributed by atoms with Crippen LogP contribution >= 0.6 is 0 Å². The minimum atomic E-state index is 0. The zero-order valence-electron chi connectivity index (χ0n) is 5.15. The molecule has 0 saturated heterocycles. The smallest absolute Gasteiger partial charge is 1.00 e. The Bertz CT molecular complexity index is 15.2. The van der Waals surface area contributed by atoms with E-state index in [1.165, 1.54) is 7.05 Å². The molecule has 5 heteroatoms. The second-order valence-corrected chi connectivity index (χ2v) is 0.500. The molecule has 0 saturated carbocycles. The fraction of sp³-hybridized carbons (Fsp3) is 1.00. The van der Waals surface area contributed by atoms with E-state index in [0.717, 1.165) is 0 Å². The van der Waals surface area contributed by atoms with Gasteiger partial charge in [0.05, 0.1) is 0 Å². The molecule has 0 radical (unpaired) electrons. The van der Waals surface area contributed by atoms with Gasteiger partial charge in [-0.2, -0.15) is 0 Å². The van der Waals surface area contributed by atoms with Crippen molar-refractivity contribution in [3.05, 3.63) is 0 Å². The summed E-state index contributed by atoms with van der Waals surface area (Å²) in [6.45, 7) is 0. The zero-order valence-corrected chi connectivity index (χ0v) is 8.93. The van der Waals surface area contributed by atoms with E-state index in [4.69, 9.17) is 0 Å². The van der Waals surface area contributed by atoms with Crippen molar-refractivity contribution in [1.82, 2.24) is 5.32 Å². The van der Waals surface area contributed by atoms with Gasteiger partial charge in [0.25, 0.3) is 0 Å². The molecule has 0 aromatic carbocycles. The van der Waals surface area contributed by atoms with Crippen LogP contribution in [0, 0.1) is 0 Å². The molecular formula is C3H12Cl2N2Pt. The summed E-state index contributed by atoms with van der Waals surface area (Å²) in [6.07, 6.45) is 0. The Morgan fingerprint density at radius 3 is 1.00 bits per heavy atom. The van der Waals surface area contributed by atoms with Crippen LogP contribution in [0.2, 0.25) is 0 Å². The van der Waals surface area contributed by atoms with E-state index in [1.54, 1.807) is 0 Å². The van der Waals surface area contributed by atoms with Gasteiger partial charge in [-0.15, -0.1) is 0 Å². The molecule has 0 spiro atoms. The first-order valence-electron chi connectivity index (χ1n) is 1.58. The SMILES string of the molecule is CN.CNC.[Cl-].[Cl-].[Pt+2]. The van der Waals surface area contributed by atoms with Crippen LogP contribution in [0.25, 0.3) is 0 Å². The maximum absolute atomic E-state index is 4.50. The largest absolute Gasteiger partial charge is 2.00 e. The van der Waals surface area contributed by atoms with E-state index < -0.39 is 0 Å². The third-order valence-electron chi connectivity index (χ3n) is 0. The number of nitrogens with two attached hydrogens (primary N) is 1. The molecule has 58 valence electrons. The maximum Gasteiger partial charge on any atom is 2.00 e. The van der Waals surface area contributed by atoms with Gasteiger partial charge in [0, 0.05) is 0 Å². The van der Waals surface area contributed by atoms with Crippen molar-refractivity contribution in [3.63, 3.8) is 0 Å². The van der Waals surface area contributed by atoms with E-state index in [0.29, 0.717) is 0 Å². The Labute approximate surface area is 78.1 Å². The van der Waals surface area contributed by atoms with Crippen molar-refractivity contribution in [2.75, 3.05) is 21.1 Å². The van der Waals surface area contributed by atoms with Crippen LogP contribution in [-0.4, -0.2) is 21.1 Å². The fourth-order valence-corrected chi connectivity index (χ4v) is 0. The Morgan fingerprint density at radius 2 is 1.00 bits per heavy atom. The molecule has 2 nitrogen and oxygen atoms in total. The van der Waals surface area contributed by atoms with Gasteiger partial charge in [0.2, 0.25) is 0 Å². The number of rotatable bonds is 0. The molecule has 0 heterocycles. The molecule has 0 aliphatic heterocycles. The molecule has 0 aliphatic rings. The molecule has 0 amide bonds. The minimum Gasteiger partial charge on any atom is -1.00 e. The van der Waals surface area contributed by atoms with Gasteiger partial charge in [0.1, 0.15) is 0 Å². The quantitative estimate of drug-likeness (QED) is 0.460. The predicted octanol–water partition coefficient (Wildman–Crippen LogP) is -6.58. The summed E-state index contributed by atoms with van der Waals surface area (Å²) in [5.41, 5.74) is 4.50. The topological polar surface area (TPSA) is 38.0 Å². The standard InChI is InChI=1S/C2H7N.CH5N.2ClH.Pt/c1-3-2;1-2;;;/h3H,1-2H3;2H2,1H3;2*1H;/q;;;;+2/p-2. The molecular weight excluding hydrogens is 330 g/mol. The Hall–Kier alpha value is 1.19. The third kappa shape index (κ3) is 195. The van der Waals surface area contributed by atoms with Gasteiger partial charge >= 0.3 is 21.1 Å². The summed E-state index contributed by atoms with van der Waals surface area (Å²) in [6, 6.07) is 0.